The summed E-state index contributed by atoms with van der Waals surface area (Å²) in [6.07, 6.45) is 10.1. The van der Waals surface area contributed by atoms with Crippen molar-refractivity contribution in [3.63, 3.8) is 0 Å². The van der Waals surface area contributed by atoms with Crippen molar-refractivity contribution in [2.24, 2.45) is 0 Å². The number of ether oxygens (including phenoxy) is 1. The SMILES string of the molecule is COC1CCCC1N1CCCN2CCCCC2C1. The summed E-state index contributed by atoms with van der Waals surface area (Å²) in [5.74, 6) is 0. The van der Waals surface area contributed by atoms with Crippen LogP contribution in [-0.2, 0) is 4.74 Å². The Kier molecular flexibility index (Phi) is 4.22. The molecular formula is C15H28N2O. The van der Waals surface area contributed by atoms with Gasteiger partial charge in [0.25, 0.3) is 0 Å². The molecule has 0 aromatic heterocycles. The minimum Gasteiger partial charge on any atom is -0.380 e. The zero-order valence-electron chi connectivity index (χ0n) is 11.8. The third-order valence-corrected chi connectivity index (χ3v) is 5.27. The van der Waals surface area contributed by atoms with Crippen LogP contribution in [0.1, 0.15) is 44.9 Å². The number of fused-ring (bicyclic) bond motifs is 1. The zero-order valence-corrected chi connectivity index (χ0v) is 11.8. The van der Waals surface area contributed by atoms with Gasteiger partial charge in [-0.1, -0.05) is 6.42 Å². The van der Waals surface area contributed by atoms with Crippen molar-refractivity contribution in [1.82, 2.24) is 9.80 Å². The molecule has 0 aromatic rings. The van der Waals surface area contributed by atoms with Gasteiger partial charge in [0.05, 0.1) is 6.10 Å². The molecule has 2 saturated heterocycles. The minimum atomic E-state index is 0.500. The van der Waals surface area contributed by atoms with Crippen LogP contribution in [-0.4, -0.2) is 61.3 Å². The van der Waals surface area contributed by atoms with E-state index < -0.39 is 0 Å². The Balaban J connectivity index is 1.65. The van der Waals surface area contributed by atoms with Crippen molar-refractivity contribution < 1.29 is 4.74 Å². The van der Waals surface area contributed by atoms with Crippen LogP contribution < -0.4 is 0 Å². The first kappa shape index (κ1) is 12.9. The van der Waals surface area contributed by atoms with Crippen LogP contribution in [0.25, 0.3) is 0 Å². The van der Waals surface area contributed by atoms with Gasteiger partial charge in [-0.3, -0.25) is 9.80 Å². The number of methoxy groups -OCH3 is 1. The van der Waals surface area contributed by atoms with E-state index in [2.05, 4.69) is 9.80 Å². The van der Waals surface area contributed by atoms with E-state index in [1.807, 2.05) is 7.11 Å². The van der Waals surface area contributed by atoms with Gasteiger partial charge in [0.1, 0.15) is 0 Å². The van der Waals surface area contributed by atoms with Crippen LogP contribution in [0.15, 0.2) is 0 Å². The van der Waals surface area contributed by atoms with E-state index in [0.29, 0.717) is 12.1 Å². The molecule has 3 unspecified atom stereocenters. The second-order valence-electron chi connectivity index (χ2n) is 6.31. The Hall–Kier alpha value is -0.120. The van der Waals surface area contributed by atoms with Gasteiger partial charge in [-0.05, 0) is 58.2 Å². The molecule has 2 heterocycles. The fraction of sp³-hybridized carbons (Fsp3) is 1.00. The predicted molar refractivity (Wildman–Crippen MR) is 73.8 cm³/mol. The molecule has 1 saturated carbocycles. The average molecular weight is 252 g/mol. The Morgan fingerprint density at radius 1 is 0.833 bits per heavy atom. The van der Waals surface area contributed by atoms with Gasteiger partial charge in [0.15, 0.2) is 0 Å². The summed E-state index contributed by atoms with van der Waals surface area (Å²) >= 11 is 0. The normalized spacial score (nSPS) is 39.5. The smallest absolute Gasteiger partial charge is 0.0726 e. The number of rotatable bonds is 2. The van der Waals surface area contributed by atoms with Gasteiger partial charge in [0, 0.05) is 25.7 Å². The third kappa shape index (κ3) is 2.59. The lowest BCUT2D eigenvalue weighted by molar-refractivity contribution is 0.0258. The first-order valence-electron chi connectivity index (χ1n) is 7.89. The van der Waals surface area contributed by atoms with Gasteiger partial charge in [-0.15, -0.1) is 0 Å². The molecule has 3 atom stereocenters. The van der Waals surface area contributed by atoms with Crippen LogP contribution in [0.3, 0.4) is 0 Å². The first-order valence-corrected chi connectivity index (χ1v) is 7.89. The van der Waals surface area contributed by atoms with E-state index in [1.54, 1.807) is 0 Å². The molecule has 0 radical (unpaired) electrons. The molecule has 18 heavy (non-hydrogen) atoms. The van der Waals surface area contributed by atoms with E-state index in [0.717, 1.165) is 6.04 Å². The van der Waals surface area contributed by atoms with Gasteiger partial charge in [0.2, 0.25) is 0 Å². The van der Waals surface area contributed by atoms with Crippen molar-refractivity contribution >= 4 is 0 Å². The topological polar surface area (TPSA) is 15.7 Å². The number of nitrogens with zero attached hydrogens (tertiary/aromatic N) is 2. The second kappa shape index (κ2) is 5.89. The Morgan fingerprint density at radius 2 is 1.67 bits per heavy atom. The second-order valence-corrected chi connectivity index (χ2v) is 6.31. The zero-order chi connectivity index (χ0) is 12.4. The molecule has 0 bridgehead atoms. The lowest BCUT2D eigenvalue weighted by Gasteiger charge is -2.38. The Labute approximate surface area is 111 Å². The average Bonchev–Trinajstić information content (AvgIpc) is 2.77. The largest absolute Gasteiger partial charge is 0.380 e. The van der Waals surface area contributed by atoms with Crippen molar-refractivity contribution in [2.75, 3.05) is 33.3 Å². The number of hydrogen-bond acceptors (Lipinski definition) is 3. The summed E-state index contributed by atoms with van der Waals surface area (Å²) in [7, 11) is 1.90. The standard InChI is InChI=1S/C15H28N2O/c1-18-15-8-4-7-14(15)17-11-5-10-16-9-3-2-6-13(16)12-17/h13-15H,2-12H2,1H3. The molecule has 3 rings (SSSR count). The molecule has 0 spiro atoms. The highest BCUT2D eigenvalue weighted by Crippen LogP contribution is 2.29. The quantitative estimate of drug-likeness (QED) is 0.748. The summed E-state index contributed by atoms with van der Waals surface area (Å²) < 4.78 is 5.70. The van der Waals surface area contributed by atoms with E-state index >= 15 is 0 Å². The molecule has 104 valence electrons. The van der Waals surface area contributed by atoms with Crippen molar-refractivity contribution in [3.8, 4) is 0 Å². The molecule has 3 aliphatic rings. The summed E-state index contributed by atoms with van der Waals surface area (Å²) in [6, 6.07) is 1.54. The minimum absolute atomic E-state index is 0.500. The van der Waals surface area contributed by atoms with Crippen molar-refractivity contribution in [1.29, 1.82) is 0 Å². The van der Waals surface area contributed by atoms with Crippen LogP contribution >= 0.6 is 0 Å². The molecule has 2 aliphatic heterocycles. The Morgan fingerprint density at radius 3 is 2.56 bits per heavy atom. The maximum absolute atomic E-state index is 5.70. The van der Waals surface area contributed by atoms with Gasteiger partial charge in [-0.25, -0.2) is 0 Å². The van der Waals surface area contributed by atoms with E-state index in [1.165, 1.54) is 71.1 Å². The molecule has 0 N–H and O–H groups in total. The molecular weight excluding hydrogens is 224 g/mol. The molecule has 0 aromatic carbocycles. The summed E-state index contributed by atoms with van der Waals surface area (Å²) in [5, 5.41) is 0. The maximum Gasteiger partial charge on any atom is 0.0726 e. The fourth-order valence-corrected chi connectivity index (χ4v) is 4.30. The van der Waals surface area contributed by atoms with Gasteiger partial charge in [-0.2, -0.15) is 0 Å². The van der Waals surface area contributed by atoms with E-state index in [4.69, 9.17) is 4.74 Å². The monoisotopic (exact) mass is 252 g/mol. The van der Waals surface area contributed by atoms with Crippen LogP contribution in [0.5, 0.6) is 0 Å². The first-order chi connectivity index (χ1) is 8.88. The van der Waals surface area contributed by atoms with E-state index in [9.17, 15) is 0 Å². The highest BCUT2D eigenvalue weighted by atomic mass is 16.5. The lowest BCUT2D eigenvalue weighted by atomic mass is 10.0. The molecule has 3 heteroatoms. The third-order valence-electron chi connectivity index (χ3n) is 5.27. The molecule has 3 nitrogen and oxygen atoms in total. The number of piperidine rings is 1. The molecule has 1 aliphatic carbocycles. The van der Waals surface area contributed by atoms with Crippen LogP contribution in [0.2, 0.25) is 0 Å². The van der Waals surface area contributed by atoms with Gasteiger partial charge < -0.3 is 4.74 Å². The number of hydrogen-bond donors (Lipinski definition) is 0. The summed E-state index contributed by atoms with van der Waals surface area (Å²) in [4.78, 5) is 5.51. The predicted octanol–water partition coefficient (Wildman–Crippen LogP) is 2.11. The highest BCUT2D eigenvalue weighted by molar-refractivity contribution is 4.91. The maximum atomic E-state index is 5.70. The fourth-order valence-electron chi connectivity index (χ4n) is 4.30. The molecule has 0 amide bonds. The summed E-state index contributed by atoms with van der Waals surface area (Å²) in [6.45, 7) is 5.25. The van der Waals surface area contributed by atoms with E-state index in [-0.39, 0.29) is 0 Å². The Bertz CT molecular complexity index is 271. The van der Waals surface area contributed by atoms with Crippen molar-refractivity contribution in [3.05, 3.63) is 0 Å². The van der Waals surface area contributed by atoms with Crippen LogP contribution in [0.4, 0.5) is 0 Å². The van der Waals surface area contributed by atoms with Crippen LogP contribution in [0, 0.1) is 0 Å². The van der Waals surface area contributed by atoms with Crippen molar-refractivity contribution in [2.45, 2.75) is 63.1 Å². The van der Waals surface area contributed by atoms with Gasteiger partial charge >= 0.3 is 0 Å². The highest BCUT2D eigenvalue weighted by Gasteiger charge is 2.35. The lowest BCUT2D eigenvalue weighted by Crippen LogP contribution is -2.48. The summed E-state index contributed by atoms with van der Waals surface area (Å²) in [5.41, 5.74) is 0. The molecule has 3 fully saturated rings.